The van der Waals surface area contributed by atoms with Crippen LogP contribution in [0.5, 0.6) is 0 Å². The Labute approximate surface area is 92.6 Å². The summed E-state index contributed by atoms with van der Waals surface area (Å²) in [6.45, 7) is 4.48. The van der Waals surface area contributed by atoms with Crippen LogP contribution in [-0.2, 0) is 0 Å². The van der Waals surface area contributed by atoms with Crippen molar-refractivity contribution in [1.29, 1.82) is 0 Å². The summed E-state index contributed by atoms with van der Waals surface area (Å²) in [6, 6.07) is 0. The first-order chi connectivity index (χ1) is 6.78. The van der Waals surface area contributed by atoms with Crippen molar-refractivity contribution in [3.05, 3.63) is 0 Å². The van der Waals surface area contributed by atoms with E-state index in [1.54, 1.807) is 0 Å². The van der Waals surface area contributed by atoms with Gasteiger partial charge in [0.05, 0.1) is 0 Å². The van der Waals surface area contributed by atoms with E-state index in [1.807, 2.05) is 0 Å². The first kappa shape index (κ1) is 10.8. The molecule has 1 saturated heterocycles. The van der Waals surface area contributed by atoms with E-state index in [4.69, 9.17) is 5.73 Å². The van der Waals surface area contributed by atoms with Gasteiger partial charge in [0.1, 0.15) is 0 Å². The van der Waals surface area contributed by atoms with Crippen LogP contribution in [0.3, 0.4) is 0 Å². The zero-order valence-electron chi connectivity index (χ0n) is 8.91. The molecule has 0 unspecified atom stereocenters. The average molecular weight is 214 g/mol. The monoisotopic (exact) mass is 214 g/mol. The minimum Gasteiger partial charge on any atom is -0.329 e. The third-order valence-corrected chi connectivity index (χ3v) is 4.54. The van der Waals surface area contributed by atoms with Crippen molar-refractivity contribution in [3.63, 3.8) is 0 Å². The Kier molecular flexibility index (Phi) is 3.40. The summed E-state index contributed by atoms with van der Waals surface area (Å²) in [7, 11) is 0. The van der Waals surface area contributed by atoms with Crippen molar-refractivity contribution in [1.82, 2.24) is 4.90 Å². The SMILES string of the molecule is NCCN1CC[C@]2(CC[C@@H](CS)C2)C1. The summed E-state index contributed by atoms with van der Waals surface area (Å²) in [5.41, 5.74) is 6.25. The molecule has 1 aliphatic carbocycles. The Morgan fingerprint density at radius 1 is 1.43 bits per heavy atom. The molecular weight excluding hydrogens is 192 g/mol. The van der Waals surface area contributed by atoms with Gasteiger partial charge in [0.15, 0.2) is 0 Å². The van der Waals surface area contributed by atoms with E-state index in [2.05, 4.69) is 17.5 Å². The molecule has 3 heteroatoms. The number of thiol groups is 1. The molecule has 2 fully saturated rings. The van der Waals surface area contributed by atoms with Gasteiger partial charge < -0.3 is 10.6 Å². The van der Waals surface area contributed by atoms with E-state index in [0.717, 1.165) is 24.8 Å². The predicted octanol–water partition coefficient (Wildman–Crippen LogP) is 1.37. The van der Waals surface area contributed by atoms with Gasteiger partial charge >= 0.3 is 0 Å². The molecule has 2 aliphatic rings. The van der Waals surface area contributed by atoms with Crippen molar-refractivity contribution in [3.8, 4) is 0 Å². The van der Waals surface area contributed by atoms with Crippen LogP contribution in [0.15, 0.2) is 0 Å². The van der Waals surface area contributed by atoms with E-state index >= 15 is 0 Å². The van der Waals surface area contributed by atoms with Gasteiger partial charge in [-0.3, -0.25) is 0 Å². The van der Waals surface area contributed by atoms with Gasteiger partial charge in [-0.2, -0.15) is 12.6 Å². The van der Waals surface area contributed by atoms with Crippen LogP contribution < -0.4 is 5.73 Å². The van der Waals surface area contributed by atoms with E-state index in [-0.39, 0.29) is 0 Å². The Hall–Kier alpha value is 0.270. The summed E-state index contributed by atoms with van der Waals surface area (Å²) < 4.78 is 0. The van der Waals surface area contributed by atoms with Crippen LogP contribution in [0.1, 0.15) is 25.7 Å². The molecule has 82 valence electrons. The van der Waals surface area contributed by atoms with Crippen LogP contribution in [0.25, 0.3) is 0 Å². The molecule has 0 aromatic heterocycles. The Morgan fingerprint density at radius 3 is 2.93 bits per heavy atom. The van der Waals surface area contributed by atoms with Crippen molar-refractivity contribution in [2.24, 2.45) is 17.1 Å². The Balaban J connectivity index is 1.87. The second-order valence-corrected chi connectivity index (χ2v) is 5.47. The van der Waals surface area contributed by atoms with Crippen LogP contribution in [0.4, 0.5) is 0 Å². The van der Waals surface area contributed by atoms with Crippen LogP contribution in [0.2, 0.25) is 0 Å². The average Bonchev–Trinajstić information content (AvgIpc) is 2.76. The normalized spacial score (nSPS) is 38.6. The molecule has 1 saturated carbocycles. The highest BCUT2D eigenvalue weighted by molar-refractivity contribution is 7.80. The maximum Gasteiger partial charge on any atom is 0.0105 e. The molecule has 2 N–H and O–H groups in total. The molecule has 1 spiro atoms. The van der Waals surface area contributed by atoms with Gasteiger partial charge in [0.2, 0.25) is 0 Å². The standard InChI is InChI=1S/C11H22N2S/c12-4-6-13-5-3-11(9-13)2-1-10(7-11)8-14/h10,14H,1-9,12H2/t10-,11+/m1/s1. The zero-order valence-corrected chi connectivity index (χ0v) is 9.81. The van der Waals surface area contributed by atoms with Gasteiger partial charge in [0, 0.05) is 19.6 Å². The van der Waals surface area contributed by atoms with Crippen LogP contribution in [0, 0.1) is 11.3 Å². The van der Waals surface area contributed by atoms with Crippen molar-refractivity contribution in [2.75, 3.05) is 31.9 Å². The number of nitrogens with two attached hydrogens (primary N) is 1. The molecule has 2 rings (SSSR count). The van der Waals surface area contributed by atoms with Gasteiger partial charge in [-0.05, 0) is 49.3 Å². The lowest BCUT2D eigenvalue weighted by atomic mass is 9.85. The van der Waals surface area contributed by atoms with Crippen LogP contribution >= 0.6 is 12.6 Å². The quantitative estimate of drug-likeness (QED) is 0.695. The van der Waals surface area contributed by atoms with Crippen LogP contribution in [-0.4, -0.2) is 36.8 Å². The van der Waals surface area contributed by atoms with E-state index < -0.39 is 0 Å². The van der Waals surface area contributed by atoms with Crippen molar-refractivity contribution >= 4 is 12.6 Å². The van der Waals surface area contributed by atoms with Crippen molar-refractivity contribution in [2.45, 2.75) is 25.7 Å². The second kappa shape index (κ2) is 4.42. The van der Waals surface area contributed by atoms with Crippen molar-refractivity contribution < 1.29 is 0 Å². The molecule has 0 amide bonds. The molecule has 1 aliphatic heterocycles. The number of rotatable bonds is 3. The number of hydrogen-bond acceptors (Lipinski definition) is 3. The fourth-order valence-electron chi connectivity index (χ4n) is 3.25. The van der Waals surface area contributed by atoms with Gasteiger partial charge in [-0.25, -0.2) is 0 Å². The third kappa shape index (κ3) is 2.10. The lowest BCUT2D eigenvalue weighted by Gasteiger charge is -2.24. The molecule has 14 heavy (non-hydrogen) atoms. The highest BCUT2D eigenvalue weighted by Crippen LogP contribution is 2.48. The smallest absolute Gasteiger partial charge is 0.0105 e. The number of hydrogen-bond donors (Lipinski definition) is 2. The first-order valence-corrected chi connectivity index (χ1v) is 6.44. The van der Waals surface area contributed by atoms with Gasteiger partial charge in [-0.15, -0.1) is 0 Å². The summed E-state index contributed by atoms with van der Waals surface area (Å²) >= 11 is 4.42. The van der Waals surface area contributed by atoms with E-state index in [1.165, 1.54) is 38.8 Å². The highest BCUT2D eigenvalue weighted by Gasteiger charge is 2.43. The largest absolute Gasteiger partial charge is 0.329 e. The Bertz CT molecular complexity index is 198. The molecular formula is C11H22N2S. The van der Waals surface area contributed by atoms with Gasteiger partial charge in [0.25, 0.3) is 0 Å². The summed E-state index contributed by atoms with van der Waals surface area (Å²) in [4.78, 5) is 2.54. The summed E-state index contributed by atoms with van der Waals surface area (Å²) in [6.07, 6.45) is 5.65. The molecule has 0 aromatic rings. The lowest BCUT2D eigenvalue weighted by molar-refractivity contribution is 0.260. The third-order valence-electron chi connectivity index (χ3n) is 4.03. The second-order valence-electron chi connectivity index (χ2n) is 5.11. The molecule has 0 radical (unpaired) electrons. The lowest BCUT2D eigenvalue weighted by Crippen LogP contribution is -2.30. The fourth-order valence-corrected chi connectivity index (χ4v) is 3.57. The molecule has 1 heterocycles. The minimum absolute atomic E-state index is 0.655. The number of likely N-dealkylation sites (tertiary alicyclic amines) is 1. The highest BCUT2D eigenvalue weighted by atomic mass is 32.1. The molecule has 2 atom stereocenters. The summed E-state index contributed by atoms with van der Waals surface area (Å²) in [5, 5.41) is 0. The predicted molar refractivity (Wildman–Crippen MR) is 63.7 cm³/mol. The molecule has 2 nitrogen and oxygen atoms in total. The fraction of sp³-hybridized carbons (Fsp3) is 1.00. The zero-order chi connectivity index (χ0) is 10.0. The topological polar surface area (TPSA) is 29.3 Å². The van der Waals surface area contributed by atoms with E-state index in [9.17, 15) is 0 Å². The molecule has 0 bridgehead atoms. The van der Waals surface area contributed by atoms with E-state index in [0.29, 0.717) is 5.41 Å². The molecule has 0 aromatic carbocycles. The maximum atomic E-state index is 5.60. The first-order valence-electron chi connectivity index (χ1n) is 5.81. The minimum atomic E-state index is 0.655. The Morgan fingerprint density at radius 2 is 2.29 bits per heavy atom. The maximum absolute atomic E-state index is 5.60. The number of nitrogens with zero attached hydrogens (tertiary/aromatic N) is 1. The van der Waals surface area contributed by atoms with Gasteiger partial charge in [-0.1, -0.05) is 0 Å². The summed E-state index contributed by atoms with van der Waals surface area (Å²) in [5.74, 6) is 1.97.